The Kier molecular flexibility index (Phi) is 3.14. The third-order valence-electron chi connectivity index (χ3n) is 1.60. The fraction of sp³-hybridized carbons (Fsp3) is 1.00. The fourth-order valence-corrected chi connectivity index (χ4v) is 4.53. The van der Waals surface area contributed by atoms with Crippen LogP contribution in [0.4, 0.5) is 0 Å². The molecule has 72 valence electrons. The lowest BCUT2D eigenvalue weighted by Gasteiger charge is -2.10. The molecule has 0 aromatic carbocycles. The van der Waals surface area contributed by atoms with Crippen LogP contribution >= 0.6 is 11.6 Å². The van der Waals surface area contributed by atoms with E-state index in [4.69, 9.17) is 11.6 Å². The molecular weight excluding hydrogens is 222 g/mol. The quantitative estimate of drug-likeness (QED) is 0.638. The minimum Gasteiger partial charge on any atom is -0.243 e. The fourth-order valence-electron chi connectivity index (χ4n) is 1.13. The van der Waals surface area contributed by atoms with Crippen molar-refractivity contribution in [2.45, 2.75) is 11.4 Å². The van der Waals surface area contributed by atoms with E-state index < -0.39 is 26.2 Å². The average Bonchev–Trinajstić information content (AvgIpc) is 2.03. The molecule has 0 spiro atoms. The standard InChI is InChI=1S/C5H10ClNO3S2/c1-11(8)7-5-3-12(9,10)2-4(5)6/h4-5,7H,2-3H2,1H3. The van der Waals surface area contributed by atoms with Crippen LogP contribution < -0.4 is 4.72 Å². The topological polar surface area (TPSA) is 63.2 Å². The van der Waals surface area contributed by atoms with Crippen molar-refractivity contribution in [1.29, 1.82) is 0 Å². The Labute approximate surface area is 79.2 Å². The Morgan fingerprint density at radius 1 is 1.50 bits per heavy atom. The summed E-state index contributed by atoms with van der Waals surface area (Å²) in [4.78, 5) is 0. The van der Waals surface area contributed by atoms with Gasteiger partial charge in [-0.05, 0) is 0 Å². The van der Waals surface area contributed by atoms with Gasteiger partial charge in [0.15, 0.2) is 9.84 Å². The monoisotopic (exact) mass is 231 g/mol. The smallest absolute Gasteiger partial charge is 0.153 e. The highest BCUT2D eigenvalue weighted by Gasteiger charge is 2.36. The van der Waals surface area contributed by atoms with Gasteiger partial charge in [-0.15, -0.1) is 11.6 Å². The highest BCUT2D eigenvalue weighted by Crippen LogP contribution is 2.17. The lowest BCUT2D eigenvalue weighted by Crippen LogP contribution is -2.37. The molecule has 4 nitrogen and oxygen atoms in total. The molecule has 0 bridgehead atoms. The first-order chi connectivity index (χ1) is 5.41. The van der Waals surface area contributed by atoms with E-state index in [1.54, 1.807) is 0 Å². The van der Waals surface area contributed by atoms with Crippen molar-refractivity contribution >= 4 is 32.4 Å². The molecule has 0 aromatic rings. The number of sulfone groups is 1. The zero-order valence-electron chi connectivity index (χ0n) is 6.49. The molecule has 0 aromatic heterocycles. The van der Waals surface area contributed by atoms with E-state index in [1.165, 1.54) is 6.26 Å². The van der Waals surface area contributed by atoms with Crippen molar-refractivity contribution in [2.75, 3.05) is 17.8 Å². The molecule has 0 saturated carbocycles. The second-order valence-electron chi connectivity index (χ2n) is 2.77. The normalized spacial score (nSPS) is 36.5. The van der Waals surface area contributed by atoms with Gasteiger partial charge in [0.05, 0.1) is 33.9 Å². The van der Waals surface area contributed by atoms with E-state index in [-0.39, 0.29) is 17.5 Å². The van der Waals surface area contributed by atoms with Crippen LogP contribution in [0.2, 0.25) is 0 Å². The summed E-state index contributed by atoms with van der Waals surface area (Å²) in [5.41, 5.74) is 0. The lowest BCUT2D eigenvalue weighted by molar-refractivity contribution is 0.600. The summed E-state index contributed by atoms with van der Waals surface area (Å²) in [6.07, 6.45) is 1.45. The third kappa shape index (κ3) is 2.69. The molecule has 1 aliphatic heterocycles. The maximum absolute atomic E-state index is 11.0. The first kappa shape index (κ1) is 10.4. The van der Waals surface area contributed by atoms with Crippen LogP contribution in [-0.2, 0) is 20.8 Å². The Morgan fingerprint density at radius 3 is 2.42 bits per heavy atom. The van der Waals surface area contributed by atoms with Crippen LogP contribution in [0.25, 0.3) is 0 Å². The van der Waals surface area contributed by atoms with Gasteiger partial charge < -0.3 is 0 Å². The summed E-state index contributed by atoms with van der Waals surface area (Å²) >= 11 is 5.73. The minimum absolute atomic E-state index is 0.0131. The molecule has 3 unspecified atom stereocenters. The molecule has 12 heavy (non-hydrogen) atoms. The molecule has 0 aliphatic carbocycles. The van der Waals surface area contributed by atoms with Gasteiger partial charge in [0, 0.05) is 6.26 Å². The van der Waals surface area contributed by atoms with Gasteiger partial charge >= 0.3 is 0 Å². The summed E-state index contributed by atoms with van der Waals surface area (Å²) in [7, 11) is -4.23. The van der Waals surface area contributed by atoms with Crippen LogP contribution in [0, 0.1) is 0 Å². The van der Waals surface area contributed by atoms with Crippen molar-refractivity contribution in [1.82, 2.24) is 4.72 Å². The molecule has 3 atom stereocenters. The number of hydrogen-bond donors (Lipinski definition) is 1. The number of hydrogen-bond acceptors (Lipinski definition) is 3. The van der Waals surface area contributed by atoms with E-state index in [0.717, 1.165) is 0 Å². The molecule has 1 aliphatic rings. The zero-order valence-corrected chi connectivity index (χ0v) is 8.88. The van der Waals surface area contributed by atoms with Gasteiger partial charge in [-0.1, -0.05) is 0 Å². The third-order valence-corrected chi connectivity index (χ3v) is 4.61. The Hall–Kier alpha value is 0.350. The van der Waals surface area contributed by atoms with Gasteiger partial charge in [-0.2, -0.15) is 0 Å². The summed E-state index contributed by atoms with van der Waals surface area (Å²) < 4.78 is 35.3. The average molecular weight is 232 g/mol. The SMILES string of the molecule is CS(=O)NC1CS(=O)(=O)CC1Cl. The second-order valence-corrected chi connectivity index (χ2v) is 6.63. The van der Waals surface area contributed by atoms with Gasteiger partial charge in [-0.25, -0.2) is 17.3 Å². The van der Waals surface area contributed by atoms with Crippen molar-refractivity contribution in [3.05, 3.63) is 0 Å². The Bertz CT molecular complexity index is 289. The summed E-state index contributed by atoms with van der Waals surface area (Å²) in [5, 5.41) is -0.459. The van der Waals surface area contributed by atoms with E-state index in [2.05, 4.69) is 4.72 Å². The van der Waals surface area contributed by atoms with Gasteiger partial charge in [-0.3, -0.25) is 0 Å². The van der Waals surface area contributed by atoms with E-state index >= 15 is 0 Å². The van der Waals surface area contributed by atoms with Crippen molar-refractivity contribution in [3.63, 3.8) is 0 Å². The van der Waals surface area contributed by atoms with Gasteiger partial charge in [0.2, 0.25) is 0 Å². The number of alkyl halides is 1. The number of halogens is 1. The highest BCUT2D eigenvalue weighted by molar-refractivity contribution is 7.92. The highest BCUT2D eigenvalue weighted by atomic mass is 35.5. The molecule has 1 heterocycles. The zero-order chi connectivity index (χ0) is 9.35. The minimum atomic E-state index is -3.02. The van der Waals surface area contributed by atoms with Crippen molar-refractivity contribution in [3.8, 4) is 0 Å². The van der Waals surface area contributed by atoms with E-state index in [1.807, 2.05) is 0 Å². The maximum Gasteiger partial charge on any atom is 0.153 e. The first-order valence-electron chi connectivity index (χ1n) is 3.35. The Balaban J connectivity index is 2.64. The van der Waals surface area contributed by atoms with Gasteiger partial charge in [0.1, 0.15) is 0 Å². The van der Waals surface area contributed by atoms with Gasteiger partial charge in [0.25, 0.3) is 0 Å². The van der Waals surface area contributed by atoms with Crippen LogP contribution in [0.15, 0.2) is 0 Å². The van der Waals surface area contributed by atoms with Crippen molar-refractivity contribution in [2.24, 2.45) is 0 Å². The molecule has 1 rings (SSSR count). The molecule has 0 radical (unpaired) electrons. The second kappa shape index (κ2) is 3.61. The molecular formula is C5H10ClNO3S2. The summed E-state index contributed by atoms with van der Waals surface area (Å²) in [5.74, 6) is -0.0375. The predicted molar refractivity (Wildman–Crippen MR) is 49.3 cm³/mol. The largest absolute Gasteiger partial charge is 0.243 e. The first-order valence-corrected chi connectivity index (χ1v) is 7.16. The lowest BCUT2D eigenvalue weighted by atomic mass is 10.3. The van der Waals surface area contributed by atoms with E-state index in [0.29, 0.717) is 0 Å². The Morgan fingerprint density at radius 2 is 2.08 bits per heavy atom. The van der Waals surface area contributed by atoms with Crippen LogP contribution in [0.5, 0.6) is 0 Å². The number of rotatable bonds is 2. The summed E-state index contributed by atoms with van der Waals surface area (Å²) in [6, 6.07) is -0.373. The summed E-state index contributed by atoms with van der Waals surface area (Å²) in [6.45, 7) is 0. The van der Waals surface area contributed by atoms with Crippen LogP contribution in [0.3, 0.4) is 0 Å². The molecule has 7 heteroatoms. The van der Waals surface area contributed by atoms with Crippen LogP contribution in [0.1, 0.15) is 0 Å². The van der Waals surface area contributed by atoms with E-state index in [9.17, 15) is 12.6 Å². The maximum atomic E-state index is 11.0. The molecule has 1 saturated heterocycles. The number of nitrogens with one attached hydrogen (secondary N) is 1. The molecule has 1 fully saturated rings. The van der Waals surface area contributed by atoms with Crippen molar-refractivity contribution < 1.29 is 12.6 Å². The molecule has 0 amide bonds. The predicted octanol–water partition coefficient (Wildman–Crippen LogP) is -0.726. The van der Waals surface area contributed by atoms with Crippen LogP contribution in [-0.4, -0.2) is 41.8 Å². The molecule has 1 N–H and O–H groups in total.